The highest BCUT2D eigenvalue weighted by atomic mass is 19.3. The summed E-state index contributed by atoms with van der Waals surface area (Å²) in [6, 6.07) is 10.1. The van der Waals surface area contributed by atoms with E-state index in [9.17, 15) is 8.78 Å². The van der Waals surface area contributed by atoms with E-state index in [1.54, 1.807) is 0 Å². The van der Waals surface area contributed by atoms with Gasteiger partial charge in [0.25, 0.3) is 0 Å². The second kappa shape index (κ2) is 4.96. The first-order chi connectivity index (χ1) is 8.49. The van der Waals surface area contributed by atoms with Gasteiger partial charge in [0.2, 0.25) is 5.92 Å². The predicted molar refractivity (Wildman–Crippen MR) is 69.8 cm³/mol. The number of rotatable bonds is 3. The molecular weight excluding hydrogens is 232 g/mol. The lowest BCUT2D eigenvalue weighted by Crippen LogP contribution is -2.42. The Morgan fingerprint density at radius 2 is 1.67 bits per heavy atom. The molecule has 1 atom stereocenters. The molecule has 1 unspecified atom stereocenters. The van der Waals surface area contributed by atoms with Gasteiger partial charge in [-0.05, 0) is 36.3 Å². The van der Waals surface area contributed by atoms with Crippen molar-refractivity contribution in [2.24, 2.45) is 11.1 Å². The monoisotopic (exact) mass is 253 g/mol. The van der Waals surface area contributed by atoms with Gasteiger partial charge in [-0.1, -0.05) is 37.3 Å². The van der Waals surface area contributed by atoms with Gasteiger partial charge in [-0.3, -0.25) is 0 Å². The van der Waals surface area contributed by atoms with E-state index in [4.69, 9.17) is 5.73 Å². The number of alkyl halides is 2. The smallest absolute Gasteiger partial charge is 0.248 e. The third-order valence-electron chi connectivity index (χ3n) is 4.60. The van der Waals surface area contributed by atoms with Crippen LogP contribution in [0.5, 0.6) is 0 Å². The lowest BCUT2D eigenvalue weighted by molar-refractivity contribution is -0.0699. The predicted octanol–water partition coefficient (Wildman–Crippen LogP) is 3.94. The van der Waals surface area contributed by atoms with Crippen molar-refractivity contribution in [3.05, 3.63) is 35.9 Å². The molecule has 3 heteroatoms. The van der Waals surface area contributed by atoms with Crippen molar-refractivity contribution in [1.82, 2.24) is 0 Å². The summed E-state index contributed by atoms with van der Waals surface area (Å²) >= 11 is 0. The normalized spacial score (nSPS) is 23.6. The highest BCUT2D eigenvalue weighted by Gasteiger charge is 2.45. The molecule has 0 heterocycles. The van der Waals surface area contributed by atoms with Crippen LogP contribution in [-0.2, 0) is 0 Å². The van der Waals surface area contributed by atoms with Gasteiger partial charge in [0.05, 0.1) is 0 Å². The molecule has 1 aromatic rings. The Labute approximate surface area is 107 Å². The fraction of sp³-hybridized carbons (Fsp3) is 0.600. The molecule has 1 aliphatic rings. The fourth-order valence-corrected chi connectivity index (χ4v) is 3.02. The van der Waals surface area contributed by atoms with Gasteiger partial charge in [-0.15, -0.1) is 0 Å². The number of hydrogen-bond acceptors (Lipinski definition) is 1. The number of nitrogens with two attached hydrogens (primary N) is 1. The highest BCUT2D eigenvalue weighted by molar-refractivity contribution is 5.22. The minimum Gasteiger partial charge on any atom is -0.330 e. The van der Waals surface area contributed by atoms with Gasteiger partial charge in [0.1, 0.15) is 0 Å². The average molecular weight is 253 g/mol. The van der Waals surface area contributed by atoms with Crippen molar-refractivity contribution in [2.75, 3.05) is 6.54 Å². The van der Waals surface area contributed by atoms with E-state index in [2.05, 4.69) is 19.1 Å². The molecule has 1 aromatic carbocycles. The number of hydrogen-bond donors (Lipinski definition) is 1. The molecular formula is C15H21F2N. The Bertz CT molecular complexity index is 379. The van der Waals surface area contributed by atoms with Crippen molar-refractivity contribution >= 4 is 0 Å². The zero-order valence-electron chi connectivity index (χ0n) is 10.8. The average Bonchev–Trinajstić information content (AvgIpc) is 2.40. The van der Waals surface area contributed by atoms with Crippen molar-refractivity contribution in [3.63, 3.8) is 0 Å². The van der Waals surface area contributed by atoms with Crippen LogP contribution in [0.3, 0.4) is 0 Å². The summed E-state index contributed by atoms with van der Waals surface area (Å²) in [6.45, 7) is 2.60. The molecule has 0 saturated heterocycles. The summed E-state index contributed by atoms with van der Waals surface area (Å²) in [7, 11) is 0. The summed E-state index contributed by atoms with van der Waals surface area (Å²) < 4.78 is 26.6. The second-order valence-corrected chi connectivity index (χ2v) is 5.55. The van der Waals surface area contributed by atoms with Crippen LogP contribution < -0.4 is 5.73 Å². The molecule has 2 rings (SSSR count). The summed E-state index contributed by atoms with van der Waals surface area (Å²) in [5.41, 5.74) is 6.96. The first-order valence-electron chi connectivity index (χ1n) is 6.62. The minimum atomic E-state index is -2.49. The van der Waals surface area contributed by atoms with Crippen LogP contribution in [0.15, 0.2) is 30.3 Å². The van der Waals surface area contributed by atoms with E-state index in [1.807, 2.05) is 18.2 Å². The third kappa shape index (κ3) is 2.56. The van der Waals surface area contributed by atoms with E-state index in [0.29, 0.717) is 19.4 Å². The van der Waals surface area contributed by atoms with Gasteiger partial charge in [-0.2, -0.15) is 0 Å². The van der Waals surface area contributed by atoms with Gasteiger partial charge < -0.3 is 5.73 Å². The largest absolute Gasteiger partial charge is 0.330 e. The van der Waals surface area contributed by atoms with Crippen molar-refractivity contribution in [2.45, 2.75) is 44.4 Å². The summed E-state index contributed by atoms with van der Waals surface area (Å²) in [4.78, 5) is 0. The van der Waals surface area contributed by atoms with Crippen LogP contribution >= 0.6 is 0 Å². The Balaban J connectivity index is 2.19. The summed E-state index contributed by atoms with van der Waals surface area (Å²) in [5.74, 6) is -2.26. The maximum absolute atomic E-state index is 13.3. The maximum atomic E-state index is 13.3. The number of halogens is 2. The van der Waals surface area contributed by atoms with E-state index in [-0.39, 0.29) is 24.2 Å². The molecule has 1 saturated carbocycles. The molecule has 0 spiro atoms. The fourth-order valence-electron chi connectivity index (χ4n) is 3.02. The zero-order chi connectivity index (χ0) is 13.2. The van der Waals surface area contributed by atoms with Crippen LogP contribution in [0.4, 0.5) is 8.78 Å². The third-order valence-corrected chi connectivity index (χ3v) is 4.60. The Morgan fingerprint density at radius 3 is 2.17 bits per heavy atom. The molecule has 1 fully saturated rings. The lowest BCUT2D eigenvalue weighted by atomic mass is 9.64. The quantitative estimate of drug-likeness (QED) is 0.867. The molecule has 0 aliphatic heterocycles. The van der Waals surface area contributed by atoms with Crippen LogP contribution in [0.1, 0.15) is 44.1 Å². The molecule has 1 nitrogen and oxygen atoms in total. The maximum Gasteiger partial charge on any atom is 0.248 e. The van der Waals surface area contributed by atoms with E-state index < -0.39 is 5.92 Å². The van der Waals surface area contributed by atoms with Gasteiger partial charge in [0.15, 0.2) is 0 Å². The van der Waals surface area contributed by atoms with Gasteiger partial charge in [0, 0.05) is 12.8 Å². The van der Waals surface area contributed by atoms with Gasteiger partial charge in [-0.25, -0.2) is 8.78 Å². The Kier molecular flexibility index (Phi) is 3.71. The van der Waals surface area contributed by atoms with Crippen LogP contribution in [0, 0.1) is 5.41 Å². The SMILES string of the molecule is CC(c1ccccc1)C1(CN)CCC(F)(F)CC1. The molecule has 1 aliphatic carbocycles. The first kappa shape index (κ1) is 13.5. The molecule has 18 heavy (non-hydrogen) atoms. The first-order valence-corrected chi connectivity index (χ1v) is 6.62. The number of benzene rings is 1. The van der Waals surface area contributed by atoms with Crippen LogP contribution in [0.25, 0.3) is 0 Å². The zero-order valence-corrected chi connectivity index (χ0v) is 10.8. The highest BCUT2D eigenvalue weighted by Crippen LogP contribution is 2.50. The lowest BCUT2D eigenvalue weighted by Gasteiger charge is -2.44. The van der Waals surface area contributed by atoms with Crippen molar-refractivity contribution < 1.29 is 8.78 Å². The molecule has 100 valence electrons. The molecule has 0 radical (unpaired) electrons. The Hall–Kier alpha value is -0.960. The van der Waals surface area contributed by atoms with E-state index >= 15 is 0 Å². The second-order valence-electron chi connectivity index (χ2n) is 5.55. The summed E-state index contributed by atoms with van der Waals surface area (Å²) in [5, 5.41) is 0. The van der Waals surface area contributed by atoms with Crippen LogP contribution in [0.2, 0.25) is 0 Å². The summed E-state index contributed by atoms with van der Waals surface area (Å²) in [6.07, 6.45) is 0.988. The minimum absolute atomic E-state index is 0.0264. The van der Waals surface area contributed by atoms with Crippen molar-refractivity contribution in [3.8, 4) is 0 Å². The molecule has 0 bridgehead atoms. The van der Waals surface area contributed by atoms with Crippen molar-refractivity contribution in [1.29, 1.82) is 0 Å². The topological polar surface area (TPSA) is 26.0 Å². The van der Waals surface area contributed by atoms with Crippen LogP contribution in [-0.4, -0.2) is 12.5 Å². The van der Waals surface area contributed by atoms with Gasteiger partial charge >= 0.3 is 0 Å². The van der Waals surface area contributed by atoms with E-state index in [1.165, 1.54) is 5.56 Å². The molecule has 0 amide bonds. The molecule has 2 N–H and O–H groups in total. The van der Waals surface area contributed by atoms with E-state index in [0.717, 1.165) is 0 Å². The standard InChI is InChI=1S/C15H21F2N/c1-12(13-5-3-2-4-6-13)14(11-18)7-9-15(16,17)10-8-14/h2-6,12H,7-11,18H2,1H3. The molecule has 0 aromatic heterocycles. The Morgan fingerprint density at radius 1 is 1.11 bits per heavy atom.